The number of amides is 1. The topological polar surface area (TPSA) is 62.5 Å². The Kier molecular flexibility index (Phi) is 4.16. The fraction of sp³-hybridized carbons (Fsp3) is 0.267. The van der Waals surface area contributed by atoms with Crippen molar-refractivity contribution in [1.29, 1.82) is 0 Å². The molecule has 23 heavy (non-hydrogen) atoms. The van der Waals surface area contributed by atoms with Crippen LogP contribution in [0.5, 0.6) is 0 Å². The number of carbonyl (C=O) groups excluding carboxylic acids is 1. The molecule has 2 aromatic rings. The van der Waals surface area contributed by atoms with E-state index in [2.05, 4.69) is 30.9 Å². The number of benzene rings is 1. The molecule has 0 aliphatic carbocycles. The summed E-state index contributed by atoms with van der Waals surface area (Å²) in [6.07, 6.45) is 3.88. The Hall–Kier alpha value is -1.86. The largest absolute Gasteiger partial charge is 0.285 e. The number of aromatic nitrogens is 2. The number of nitrogens with zero attached hydrogens (tertiary/aromatic N) is 4. The lowest BCUT2D eigenvalue weighted by atomic mass is 9.90. The second-order valence-corrected chi connectivity index (χ2v) is 6.69. The van der Waals surface area contributed by atoms with E-state index in [1.165, 1.54) is 4.90 Å². The van der Waals surface area contributed by atoms with Crippen molar-refractivity contribution in [2.45, 2.75) is 18.9 Å². The Morgan fingerprint density at radius 2 is 2.22 bits per heavy atom. The third-order valence-electron chi connectivity index (χ3n) is 3.90. The summed E-state index contributed by atoms with van der Waals surface area (Å²) >= 11 is 9.12. The summed E-state index contributed by atoms with van der Waals surface area (Å²) in [6.45, 7) is 1.90. The molecule has 0 unspecified atom stereocenters. The van der Waals surface area contributed by atoms with Gasteiger partial charge in [-0.25, -0.2) is 9.67 Å². The molecule has 2 heterocycles. The van der Waals surface area contributed by atoms with Gasteiger partial charge in [0.2, 0.25) is 11.9 Å². The summed E-state index contributed by atoms with van der Waals surface area (Å²) in [5, 5.41) is 4.39. The van der Waals surface area contributed by atoms with E-state index in [0.717, 1.165) is 15.7 Å². The molecule has 1 aromatic carbocycles. The third kappa shape index (κ3) is 2.98. The zero-order chi connectivity index (χ0) is 16.6. The van der Waals surface area contributed by atoms with Gasteiger partial charge in [-0.15, -0.1) is 0 Å². The Balaban J connectivity index is 1.99. The van der Waals surface area contributed by atoms with Gasteiger partial charge in [-0.3, -0.25) is 14.5 Å². The van der Waals surface area contributed by atoms with E-state index in [1.807, 2.05) is 37.4 Å². The van der Waals surface area contributed by atoms with Crippen LogP contribution in [0.15, 0.2) is 46.1 Å². The molecule has 3 rings (SSSR count). The molecule has 1 amide bonds. The van der Waals surface area contributed by atoms with Crippen molar-refractivity contribution < 1.29 is 4.79 Å². The van der Waals surface area contributed by atoms with Crippen LogP contribution in [0.1, 0.15) is 18.9 Å². The first-order valence-electron chi connectivity index (χ1n) is 6.97. The molecule has 6 nitrogen and oxygen atoms in total. The third-order valence-corrected chi connectivity index (χ3v) is 4.56. The average Bonchev–Trinajstić information content (AvgIpc) is 3.02. The van der Waals surface area contributed by atoms with Gasteiger partial charge < -0.3 is 0 Å². The second kappa shape index (κ2) is 5.98. The van der Waals surface area contributed by atoms with Crippen LogP contribution in [0.4, 0.5) is 0 Å². The summed E-state index contributed by atoms with van der Waals surface area (Å²) in [7, 11) is 1.64. The van der Waals surface area contributed by atoms with Gasteiger partial charge in [-0.05, 0) is 25.1 Å². The first-order valence-corrected chi connectivity index (χ1v) is 8.14. The van der Waals surface area contributed by atoms with Crippen LogP contribution >= 0.6 is 27.7 Å². The maximum Gasteiger partial charge on any atom is 0.231 e. The number of carbonyl (C=O) groups is 1. The van der Waals surface area contributed by atoms with Crippen molar-refractivity contribution >= 4 is 39.6 Å². The number of nitrogens with one attached hydrogen (secondary N) is 1. The summed E-state index contributed by atoms with van der Waals surface area (Å²) in [6, 6.07) is 7.81. The predicted octanol–water partition coefficient (Wildman–Crippen LogP) is 2.81. The molecule has 0 saturated heterocycles. The standard InChI is InChI=1S/C15H15BrClN5O/c1-15(7-13(23)21(2)14(19-15)20-17)10-8-18-22(9-10)12-5-3-4-11(16)6-12/h3-6,8-9H,7H2,1-2H3,(H,19,20)/t15-/m0/s1. The number of halogens is 2. The van der Waals surface area contributed by atoms with Gasteiger partial charge in [0.25, 0.3) is 0 Å². The van der Waals surface area contributed by atoms with E-state index >= 15 is 0 Å². The van der Waals surface area contributed by atoms with Crippen LogP contribution in [0.25, 0.3) is 5.69 Å². The van der Waals surface area contributed by atoms with Gasteiger partial charge in [-0.1, -0.05) is 22.0 Å². The maximum atomic E-state index is 12.2. The van der Waals surface area contributed by atoms with Crippen molar-refractivity contribution in [2.24, 2.45) is 4.99 Å². The Labute approximate surface area is 147 Å². The molecular formula is C15H15BrClN5O. The smallest absolute Gasteiger partial charge is 0.231 e. The van der Waals surface area contributed by atoms with Crippen molar-refractivity contribution in [3.8, 4) is 5.69 Å². The van der Waals surface area contributed by atoms with E-state index in [-0.39, 0.29) is 12.3 Å². The van der Waals surface area contributed by atoms with E-state index in [1.54, 1.807) is 17.9 Å². The summed E-state index contributed by atoms with van der Waals surface area (Å²) in [5.74, 6) is 0.279. The Morgan fingerprint density at radius 3 is 2.91 bits per heavy atom. The lowest BCUT2D eigenvalue weighted by Gasteiger charge is -2.33. The molecule has 1 aliphatic rings. The summed E-state index contributed by atoms with van der Waals surface area (Å²) in [5.41, 5.74) is 1.07. The zero-order valence-electron chi connectivity index (χ0n) is 12.6. The van der Waals surface area contributed by atoms with Gasteiger partial charge in [0.05, 0.1) is 23.8 Å². The Morgan fingerprint density at radius 1 is 1.43 bits per heavy atom. The van der Waals surface area contributed by atoms with Crippen LogP contribution in [0, 0.1) is 0 Å². The van der Waals surface area contributed by atoms with E-state index in [4.69, 9.17) is 11.8 Å². The molecular weight excluding hydrogens is 382 g/mol. The van der Waals surface area contributed by atoms with Crippen molar-refractivity contribution in [1.82, 2.24) is 19.5 Å². The highest BCUT2D eigenvalue weighted by molar-refractivity contribution is 9.10. The fourth-order valence-corrected chi connectivity index (χ4v) is 3.05. The van der Waals surface area contributed by atoms with Gasteiger partial charge in [0.1, 0.15) is 0 Å². The van der Waals surface area contributed by atoms with Crippen LogP contribution in [-0.2, 0) is 10.3 Å². The predicted molar refractivity (Wildman–Crippen MR) is 92.4 cm³/mol. The molecule has 120 valence electrons. The van der Waals surface area contributed by atoms with Crippen LogP contribution in [-0.4, -0.2) is 33.6 Å². The first-order chi connectivity index (χ1) is 10.9. The monoisotopic (exact) mass is 395 g/mol. The van der Waals surface area contributed by atoms with Crippen LogP contribution in [0.2, 0.25) is 0 Å². The highest BCUT2D eigenvalue weighted by atomic mass is 79.9. The SMILES string of the molecule is CN1C(=O)C[C@@](C)(c2cnn(-c3cccc(Br)c3)c2)N=C1NCl. The molecule has 0 saturated carbocycles. The number of guanidine groups is 1. The normalized spacial score (nSPS) is 21.3. The van der Waals surface area contributed by atoms with Gasteiger partial charge in [-0.2, -0.15) is 5.10 Å². The number of rotatable bonds is 2. The molecule has 0 radical (unpaired) electrons. The maximum absolute atomic E-state index is 12.2. The molecule has 8 heteroatoms. The van der Waals surface area contributed by atoms with E-state index in [9.17, 15) is 4.79 Å². The molecule has 0 bridgehead atoms. The zero-order valence-corrected chi connectivity index (χ0v) is 15.0. The van der Waals surface area contributed by atoms with E-state index < -0.39 is 5.54 Å². The lowest BCUT2D eigenvalue weighted by Crippen LogP contribution is -2.47. The van der Waals surface area contributed by atoms with Gasteiger partial charge in [0, 0.05) is 35.1 Å². The lowest BCUT2D eigenvalue weighted by molar-refractivity contribution is -0.128. The minimum atomic E-state index is -0.703. The Bertz CT molecular complexity index is 790. The quantitative estimate of drug-likeness (QED) is 0.794. The van der Waals surface area contributed by atoms with Crippen molar-refractivity contribution in [3.63, 3.8) is 0 Å². The molecule has 1 atom stereocenters. The molecule has 0 fully saturated rings. The second-order valence-electron chi connectivity index (χ2n) is 5.59. The highest BCUT2D eigenvalue weighted by Crippen LogP contribution is 2.33. The van der Waals surface area contributed by atoms with Crippen molar-refractivity contribution in [3.05, 3.63) is 46.7 Å². The number of aliphatic imine (C=N–C) groups is 1. The molecule has 1 N–H and O–H groups in total. The average molecular weight is 397 g/mol. The summed E-state index contributed by atoms with van der Waals surface area (Å²) in [4.78, 5) is 20.6. The fourth-order valence-electron chi connectivity index (χ4n) is 2.49. The van der Waals surface area contributed by atoms with Crippen LogP contribution < -0.4 is 4.84 Å². The highest BCUT2D eigenvalue weighted by Gasteiger charge is 2.37. The van der Waals surface area contributed by atoms with E-state index in [0.29, 0.717) is 5.96 Å². The number of hydrogen-bond acceptors (Lipinski definition) is 4. The first kappa shape index (κ1) is 16.0. The molecule has 0 spiro atoms. The molecule has 1 aliphatic heterocycles. The van der Waals surface area contributed by atoms with Crippen molar-refractivity contribution in [2.75, 3.05) is 7.05 Å². The summed E-state index contributed by atoms with van der Waals surface area (Å²) < 4.78 is 2.73. The number of hydrogen-bond donors (Lipinski definition) is 1. The minimum Gasteiger partial charge on any atom is -0.285 e. The van der Waals surface area contributed by atoms with Crippen LogP contribution in [0.3, 0.4) is 0 Å². The minimum absolute atomic E-state index is 0.0548. The van der Waals surface area contributed by atoms with Gasteiger partial charge >= 0.3 is 0 Å². The van der Waals surface area contributed by atoms with Gasteiger partial charge in [0.15, 0.2) is 0 Å². The molecule has 1 aromatic heterocycles.